The molecule has 0 aromatic rings. The lowest BCUT2D eigenvalue weighted by Crippen LogP contribution is -2.24. The van der Waals surface area contributed by atoms with Gasteiger partial charge in [-0.2, -0.15) is 0 Å². The Balaban J connectivity index is 3.39. The molecule has 0 rings (SSSR count). The highest BCUT2D eigenvalue weighted by Crippen LogP contribution is 2.06. The second-order valence-electron chi connectivity index (χ2n) is 3.31. The van der Waals surface area contributed by atoms with Gasteiger partial charge in [-0.05, 0) is 40.8 Å². The van der Waals surface area contributed by atoms with Gasteiger partial charge in [0.05, 0.1) is 0 Å². The van der Waals surface area contributed by atoms with Crippen molar-refractivity contribution in [2.45, 2.75) is 32.7 Å². The largest absolute Gasteiger partial charge is 0.307 e. The van der Waals surface area contributed by atoms with Crippen molar-refractivity contribution in [2.75, 3.05) is 14.1 Å². The Kier molecular flexibility index (Phi) is 4.37. The predicted molar refractivity (Wildman–Crippen MR) is 47.2 cm³/mol. The number of hydrogen-bond donors (Lipinski definition) is 0. The summed E-state index contributed by atoms with van der Waals surface area (Å²) in [5.41, 5.74) is 1.29. The highest BCUT2D eigenvalue weighted by Gasteiger charge is 2.02. The Labute approximate surface area is 64.7 Å². The quantitative estimate of drug-likeness (QED) is 0.543. The summed E-state index contributed by atoms with van der Waals surface area (Å²) in [5.74, 6) is 0. The van der Waals surface area contributed by atoms with E-state index in [1.54, 1.807) is 0 Å². The van der Waals surface area contributed by atoms with Crippen LogP contribution in [0.5, 0.6) is 0 Å². The average Bonchev–Trinajstić information content (AvgIpc) is 1.82. The zero-order valence-corrected chi connectivity index (χ0v) is 7.65. The van der Waals surface area contributed by atoms with E-state index < -0.39 is 0 Å². The van der Waals surface area contributed by atoms with E-state index in [-0.39, 0.29) is 0 Å². The molecule has 0 N–H and O–H groups in total. The van der Waals surface area contributed by atoms with Crippen molar-refractivity contribution < 1.29 is 0 Å². The molecule has 0 heterocycles. The fourth-order valence-electron chi connectivity index (χ4n) is 0.713. The lowest BCUT2D eigenvalue weighted by molar-refractivity contribution is 0.299. The summed E-state index contributed by atoms with van der Waals surface area (Å²) >= 11 is 0. The van der Waals surface area contributed by atoms with Crippen molar-refractivity contribution in [3.05, 3.63) is 12.2 Å². The maximum atomic E-state index is 3.87. The second kappa shape index (κ2) is 4.51. The normalized spacial score (nSPS) is 13.7. The molecule has 1 atom stereocenters. The van der Waals surface area contributed by atoms with E-state index in [1.807, 2.05) is 0 Å². The molecule has 0 bridgehead atoms. The molecule has 0 aliphatic rings. The predicted octanol–water partition coefficient (Wildman–Crippen LogP) is 2.29. The zero-order valence-electron chi connectivity index (χ0n) is 7.65. The van der Waals surface area contributed by atoms with Gasteiger partial charge in [-0.25, -0.2) is 0 Å². The molecule has 0 radical (unpaired) electrons. The molecule has 0 aromatic heterocycles. The Hall–Kier alpha value is -0.300. The van der Waals surface area contributed by atoms with E-state index in [4.69, 9.17) is 0 Å². The first-order valence-electron chi connectivity index (χ1n) is 3.85. The summed E-state index contributed by atoms with van der Waals surface area (Å²) < 4.78 is 0. The maximum Gasteiger partial charge on any atom is 0.00638 e. The molecule has 0 spiro atoms. The molecule has 0 saturated heterocycles. The Bertz CT molecular complexity index is 105. The lowest BCUT2D eigenvalue weighted by atomic mass is 10.1. The Morgan fingerprint density at radius 1 is 1.50 bits per heavy atom. The fourth-order valence-corrected chi connectivity index (χ4v) is 0.713. The van der Waals surface area contributed by atoms with Crippen LogP contribution in [0.1, 0.15) is 26.7 Å². The van der Waals surface area contributed by atoms with Crippen LogP contribution in [0.2, 0.25) is 0 Å². The van der Waals surface area contributed by atoms with Crippen molar-refractivity contribution >= 4 is 0 Å². The Morgan fingerprint density at radius 3 is 2.30 bits per heavy atom. The van der Waals surface area contributed by atoms with Crippen molar-refractivity contribution in [2.24, 2.45) is 0 Å². The van der Waals surface area contributed by atoms with Gasteiger partial charge in [0.15, 0.2) is 0 Å². The van der Waals surface area contributed by atoms with Crippen molar-refractivity contribution in [3.8, 4) is 0 Å². The second-order valence-corrected chi connectivity index (χ2v) is 3.31. The first kappa shape index (κ1) is 9.70. The molecule has 0 aliphatic heterocycles. The molecule has 1 nitrogen and oxygen atoms in total. The van der Waals surface area contributed by atoms with Gasteiger partial charge in [0.2, 0.25) is 0 Å². The molecule has 0 fully saturated rings. The molecule has 1 heteroatoms. The van der Waals surface area contributed by atoms with Crippen molar-refractivity contribution in [1.82, 2.24) is 4.90 Å². The third-order valence-electron chi connectivity index (χ3n) is 1.87. The monoisotopic (exact) mass is 141 g/mol. The summed E-state index contributed by atoms with van der Waals surface area (Å²) in [5, 5.41) is 0. The topological polar surface area (TPSA) is 3.24 Å². The van der Waals surface area contributed by atoms with E-state index in [0.717, 1.165) is 6.42 Å². The van der Waals surface area contributed by atoms with Gasteiger partial charge in [-0.15, -0.1) is 6.58 Å². The third-order valence-corrected chi connectivity index (χ3v) is 1.87. The summed E-state index contributed by atoms with van der Waals surface area (Å²) in [6, 6.07) is 0.677. The van der Waals surface area contributed by atoms with Gasteiger partial charge in [0.25, 0.3) is 0 Å². The van der Waals surface area contributed by atoms with Gasteiger partial charge in [0.1, 0.15) is 0 Å². The molecule has 0 amide bonds. The average molecular weight is 141 g/mol. The number of nitrogens with zero attached hydrogens (tertiary/aromatic N) is 1. The number of rotatable bonds is 4. The van der Waals surface area contributed by atoms with E-state index in [0.29, 0.717) is 6.04 Å². The van der Waals surface area contributed by atoms with E-state index in [9.17, 15) is 0 Å². The molecular formula is C9H19N. The van der Waals surface area contributed by atoms with Crippen LogP contribution in [0.3, 0.4) is 0 Å². The highest BCUT2D eigenvalue weighted by molar-refractivity contribution is 4.88. The first-order chi connectivity index (χ1) is 4.54. The van der Waals surface area contributed by atoms with Crippen LogP contribution in [-0.2, 0) is 0 Å². The van der Waals surface area contributed by atoms with Crippen LogP contribution >= 0.6 is 0 Å². The van der Waals surface area contributed by atoms with Gasteiger partial charge < -0.3 is 4.90 Å². The van der Waals surface area contributed by atoms with Crippen LogP contribution in [0.15, 0.2) is 12.2 Å². The molecule has 1 unspecified atom stereocenters. The lowest BCUT2D eigenvalue weighted by Gasteiger charge is -2.19. The van der Waals surface area contributed by atoms with Crippen molar-refractivity contribution in [1.29, 1.82) is 0 Å². The Morgan fingerprint density at radius 2 is 2.00 bits per heavy atom. The molecular weight excluding hydrogens is 122 g/mol. The molecule has 0 aromatic carbocycles. The van der Waals surface area contributed by atoms with Crippen LogP contribution in [0, 0.1) is 0 Å². The summed E-state index contributed by atoms with van der Waals surface area (Å²) in [6.07, 6.45) is 2.38. The maximum absolute atomic E-state index is 3.87. The molecule has 0 saturated carbocycles. The van der Waals surface area contributed by atoms with E-state index in [2.05, 4.69) is 39.4 Å². The SMILES string of the molecule is C=C(C)CCC(C)N(C)C. The van der Waals surface area contributed by atoms with Gasteiger partial charge in [-0.1, -0.05) is 5.57 Å². The van der Waals surface area contributed by atoms with Crippen molar-refractivity contribution in [3.63, 3.8) is 0 Å². The van der Waals surface area contributed by atoms with Crippen LogP contribution in [-0.4, -0.2) is 25.0 Å². The zero-order chi connectivity index (χ0) is 8.15. The van der Waals surface area contributed by atoms with Crippen LogP contribution in [0.25, 0.3) is 0 Å². The molecule has 0 aliphatic carbocycles. The number of hydrogen-bond acceptors (Lipinski definition) is 1. The third kappa shape index (κ3) is 4.57. The number of allylic oxidation sites excluding steroid dienone is 1. The smallest absolute Gasteiger partial charge is 0.00638 e. The fraction of sp³-hybridized carbons (Fsp3) is 0.778. The summed E-state index contributed by atoms with van der Waals surface area (Å²) in [7, 11) is 4.23. The summed E-state index contributed by atoms with van der Waals surface area (Å²) in [4.78, 5) is 2.24. The highest BCUT2D eigenvalue weighted by atomic mass is 15.1. The first-order valence-corrected chi connectivity index (χ1v) is 3.85. The van der Waals surface area contributed by atoms with Gasteiger partial charge in [-0.3, -0.25) is 0 Å². The van der Waals surface area contributed by atoms with Crippen LogP contribution < -0.4 is 0 Å². The van der Waals surface area contributed by atoms with Gasteiger partial charge in [0, 0.05) is 6.04 Å². The van der Waals surface area contributed by atoms with Crippen LogP contribution in [0.4, 0.5) is 0 Å². The standard InChI is InChI=1S/C9H19N/c1-8(2)6-7-9(3)10(4)5/h9H,1,6-7H2,2-5H3. The van der Waals surface area contributed by atoms with E-state index in [1.165, 1.54) is 12.0 Å². The minimum Gasteiger partial charge on any atom is -0.307 e. The van der Waals surface area contributed by atoms with E-state index >= 15 is 0 Å². The molecule has 60 valence electrons. The summed E-state index contributed by atoms with van der Waals surface area (Å²) in [6.45, 7) is 8.19. The minimum absolute atomic E-state index is 0.677. The molecule has 10 heavy (non-hydrogen) atoms. The van der Waals surface area contributed by atoms with Gasteiger partial charge >= 0.3 is 0 Å². The minimum atomic E-state index is 0.677.